The normalized spacial score (nSPS) is 23.0. The highest BCUT2D eigenvalue weighted by Crippen LogP contribution is 2.35. The first-order valence-electron chi connectivity index (χ1n) is 17.9. The summed E-state index contributed by atoms with van der Waals surface area (Å²) in [6.07, 6.45) is 5.24. The maximum absolute atomic E-state index is 14.1. The van der Waals surface area contributed by atoms with E-state index in [-0.39, 0.29) is 44.3 Å². The minimum absolute atomic E-state index is 0.0471. The van der Waals surface area contributed by atoms with Crippen molar-refractivity contribution in [3.05, 3.63) is 108 Å². The molecule has 4 aromatic rings. The van der Waals surface area contributed by atoms with Crippen molar-refractivity contribution in [2.75, 3.05) is 11.5 Å². The van der Waals surface area contributed by atoms with E-state index < -0.39 is 42.5 Å². The summed E-state index contributed by atoms with van der Waals surface area (Å²) in [6, 6.07) is 24.5. The number of aliphatic hydroxyl groups is 2. The Morgan fingerprint density at radius 2 is 0.907 bits per heavy atom. The first kappa shape index (κ1) is 40.7. The molecule has 0 bridgehead atoms. The van der Waals surface area contributed by atoms with Gasteiger partial charge < -0.3 is 10.2 Å². The van der Waals surface area contributed by atoms with Gasteiger partial charge in [0.05, 0.1) is 55.8 Å². The largest absolute Gasteiger partial charge is 0.390 e. The lowest BCUT2D eigenvalue weighted by atomic mass is 9.81. The van der Waals surface area contributed by atoms with E-state index in [0.29, 0.717) is 73.6 Å². The maximum Gasteiger partial charge on any atom is 0.178 e. The predicted octanol–water partition coefficient (Wildman–Crippen LogP) is 8.16. The van der Waals surface area contributed by atoms with E-state index in [1.165, 1.54) is 48.5 Å². The second kappa shape index (κ2) is 16.5. The van der Waals surface area contributed by atoms with Gasteiger partial charge in [-0.3, -0.25) is 0 Å². The molecule has 0 aromatic heterocycles. The number of halogens is 2. The summed E-state index contributed by atoms with van der Waals surface area (Å²) >= 11 is 0. The SMILES string of the molecule is CC1(O)CCC(CS(=O)(=O)c2ccc(-c3ccc(C#N)cc3F)cc2)CC1.CC1(O)CCC(CS(=O)(=O)c2ccc(-c3ccc(C#N)cc3F)cc2)CC1. The van der Waals surface area contributed by atoms with Gasteiger partial charge in [0, 0.05) is 11.1 Å². The molecule has 6 rings (SSSR count). The summed E-state index contributed by atoms with van der Waals surface area (Å²) in [5, 5.41) is 37.6. The number of hydrogen-bond donors (Lipinski definition) is 2. The fraction of sp³-hybridized carbons (Fsp3) is 0.381. The molecule has 0 unspecified atom stereocenters. The van der Waals surface area contributed by atoms with Gasteiger partial charge in [0.15, 0.2) is 19.7 Å². The molecule has 0 atom stereocenters. The number of benzene rings is 4. The van der Waals surface area contributed by atoms with E-state index in [0.717, 1.165) is 12.1 Å². The second-order valence-electron chi connectivity index (χ2n) is 15.1. The summed E-state index contributed by atoms with van der Waals surface area (Å²) in [7, 11) is -6.87. The van der Waals surface area contributed by atoms with Crippen molar-refractivity contribution < 1.29 is 35.8 Å². The maximum atomic E-state index is 14.1. The number of hydrogen-bond acceptors (Lipinski definition) is 8. The summed E-state index contributed by atoms with van der Waals surface area (Å²) in [6.45, 7) is 3.58. The molecule has 0 amide bonds. The lowest BCUT2D eigenvalue weighted by molar-refractivity contribution is 0.0104. The Hall–Kier alpha value is -4.46. The Balaban J connectivity index is 0.000000208. The average Bonchev–Trinajstić information content (AvgIpc) is 3.13. The van der Waals surface area contributed by atoms with Crippen LogP contribution in [-0.2, 0) is 19.7 Å². The lowest BCUT2D eigenvalue weighted by Gasteiger charge is -2.32. The molecule has 2 N–H and O–H groups in total. The van der Waals surface area contributed by atoms with Crippen molar-refractivity contribution in [1.82, 2.24) is 0 Å². The highest BCUT2D eigenvalue weighted by molar-refractivity contribution is 7.91. The van der Waals surface area contributed by atoms with Crippen molar-refractivity contribution in [3.8, 4) is 34.4 Å². The first-order chi connectivity index (χ1) is 25.4. The predicted molar refractivity (Wildman–Crippen MR) is 202 cm³/mol. The van der Waals surface area contributed by atoms with Crippen LogP contribution in [0.3, 0.4) is 0 Å². The van der Waals surface area contributed by atoms with Crippen molar-refractivity contribution in [3.63, 3.8) is 0 Å². The van der Waals surface area contributed by atoms with Crippen LogP contribution in [-0.4, -0.2) is 49.8 Å². The standard InChI is InChI=1S/2C21H22FNO3S/c2*1-21(24)10-8-15(9-11-21)14-27(25,26)18-5-3-17(4-6-18)19-7-2-16(13-23)12-20(19)22/h2*2-7,12,15,24H,8-11,14H2,1H3. The third-order valence-electron chi connectivity index (χ3n) is 10.5. The summed E-state index contributed by atoms with van der Waals surface area (Å²) in [5.74, 6) is -0.809. The number of sulfone groups is 2. The van der Waals surface area contributed by atoms with Crippen molar-refractivity contribution in [1.29, 1.82) is 10.5 Å². The fourth-order valence-corrected chi connectivity index (χ4v) is 10.5. The molecule has 0 spiro atoms. The molecule has 2 fully saturated rings. The zero-order chi connectivity index (χ0) is 39.3. The quantitative estimate of drug-likeness (QED) is 0.182. The molecule has 0 heterocycles. The van der Waals surface area contributed by atoms with Gasteiger partial charge in [-0.25, -0.2) is 25.6 Å². The molecule has 0 saturated heterocycles. The molecule has 8 nitrogen and oxygen atoms in total. The van der Waals surface area contributed by atoms with Gasteiger partial charge in [0.2, 0.25) is 0 Å². The number of nitriles is 2. The van der Waals surface area contributed by atoms with Gasteiger partial charge in [-0.15, -0.1) is 0 Å². The van der Waals surface area contributed by atoms with Crippen LogP contribution in [0.15, 0.2) is 94.7 Å². The van der Waals surface area contributed by atoms with Crippen molar-refractivity contribution in [2.45, 2.75) is 86.2 Å². The van der Waals surface area contributed by atoms with Crippen LogP contribution < -0.4 is 0 Å². The zero-order valence-electron chi connectivity index (χ0n) is 30.3. The molecule has 2 aliphatic rings. The lowest BCUT2D eigenvalue weighted by Crippen LogP contribution is -2.32. The van der Waals surface area contributed by atoms with Crippen LogP contribution >= 0.6 is 0 Å². The Labute approximate surface area is 316 Å². The topological polar surface area (TPSA) is 156 Å². The molecule has 12 heteroatoms. The molecular weight excluding hydrogens is 731 g/mol. The van der Waals surface area contributed by atoms with Crippen LogP contribution in [0, 0.1) is 46.1 Å². The van der Waals surface area contributed by atoms with E-state index in [1.807, 2.05) is 12.1 Å². The van der Waals surface area contributed by atoms with Gasteiger partial charge in [-0.1, -0.05) is 36.4 Å². The minimum atomic E-state index is -3.44. The van der Waals surface area contributed by atoms with Crippen molar-refractivity contribution >= 4 is 19.7 Å². The average molecular weight is 775 g/mol. The molecule has 0 radical (unpaired) electrons. The highest BCUT2D eigenvalue weighted by atomic mass is 32.2. The molecule has 54 heavy (non-hydrogen) atoms. The summed E-state index contributed by atoms with van der Waals surface area (Å²) in [5.41, 5.74) is 0.873. The second-order valence-corrected chi connectivity index (χ2v) is 19.2. The van der Waals surface area contributed by atoms with Gasteiger partial charge >= 0.3 is 0 Å². The fourth-order valence-electron chi connectivity index (χ4n) is 7.07. The van der Waals surface area contributed by atoms with Crippen LogP contribution in [0.2, 0.25) is 0 Å². The van der Waals surface area contributed by atoms with E-state index in [2.05, 4.69) is 0 Å². The van der Waals surface area contributed by atoms with Gasteiger partial charge in [0.1, 0.15) is 11.6 Å². The number of rotatable bonds is 8. The van der Waals surface area contributed by atoms with E-state index in [4.69, 9.17) is 10.5 Å². The molecule has 4 aromatic carbocycles. The van der Waals surface area contributed by atoms with Crippen molar-refractivity contribution in [2.24, 2.45) is 11.8 Å². The van der Waals surface area contributed by atoms with E-state index in [1.54, 1.807) is 38.1 Å². The Kier molecular flexibility index (Phi) is 12.4. The Bertz CT molecular complexity index is 2090. The molecule has 2 aliphatic carbocycles. The zero-order valence-corrected chi connectivity index (χ0v) is 31.9. The van der Waals surface area contributed by atoms with Crippen LogP contribution in [0.5, 0.6) is 0 Å². The Morgan fingerprint density at radius 3 is 1.19 bits per heavy atom. The van der Waals surface area contributed by atoms with Crippen LogP contribution in [0.25, 0.3) is 22.3 Å². The van der Waals surface area contributed by atoms with Gasteiger partial charge in [-0.05, 0) is 137 Å². The Morgan fingerprint density at radius 1 is 0.593 bits per heavy atom. The summed E-state index contributed by atoms with van der Waals surface area (Å²) in [4.78, 5) is 0.440. The molecule has 284 valence electrons. The number of nitrogens with zero attached hydrogens (tertiary/aromatic N) is 2. The molecule has 2 saturated carbocycles. The highest BCUT2D eigenvalue weighted by Gasteiger charge is 2.33. The molecular formula is C42H44F2N2O6S2. The minimum Gasteiger partial charge on any atom is -0.390 e. The summed E-state index contributed by atoms with van der Waals surface area (Å²) < 4.78 is 79.0. The van der Waals surface area contributed by atoms with E-state index in [9.17, 15) is 35.8 Å². The van der Waals surface area contributed by atoms with Crippen LogP contribution in [0.1, 0.15) is 76.3 Å². The van der Waals surface area contributed by atoms with Gasteiger partial charge in [-0.2, -0.15) is 10.5 Å². The van der Waals surface area contributed by atoms with E-state index >= 15 is 0 Å². The van der Waals surface area contributed by atoms with Gasteiger partial charge in [0.25, 0.3) is 0 Å². The molecule has 0 aliphatic heterocycles. The third kappa shape index (κ3) is 10.4. The monoisotopic (exact) mass is 774 g/mol. The first-order valence-corrected chi connectivity index (χ1v) is 21.2. The third-order valence-corrected chi connectivity index (χ3v) is 14.3. The van der Waals surface area contributed by atoms with Crippen LogP contribution in [0.4, 0.5) is 8.78 Å². The smallest absolute Gasteiger partial charge is 0.178 e.